The summed E-state index contributed by atoms with van der Waals surface area (Å²) in [6.07, 6.45) is 2.13. The molecule has 0 unspecified atom stereocenters. The van der Waals surface area contributed by atoms with E-state index in [9.17, 15) is 0 Å². The van der Waals surface area contributed by atoms with E-state index in [1.807, 2.05) is 11.8 Å². The van der Waals surface area contributed by atoms with Crippen LogP contribution in [0.2, 0.25) is 0 Å². The van der Waals surface area contributed by atoms with Gasteiger partial charge in [-0.3, -0.25) is 0 Å². The van der Waals surface area contributed by atoms with Crippen LogP contribution in [0.25, 0.3) is 11.1 Å². The molecule has 0 amide bonds. The minimum absolute atomic E-state index is 1.31. The molecule has 1 heteroatoms. The zero-order chi connectivity index (χ0) is 12.4. The third-order valence-corrected chi connectivity index (χ3v) is 4.13. The highest BCUT2D eigenvalue weighted by Gasteiger charge is 2.03. The van der Waals surface area contributed by atoms with Crippen LogP contribution in [0.1, 0.15) is 16.7 Å². The van der Waals surface area contributed by atoms with Crippen LogP contribution in [0.3, 0.4) is 0 Å². The molecule has 0 atom stereocenters. The molecule has 0 bridgehead atoms. The van der Waals surface area contributed by atoms with Gasteiger partial charge >= 0.3 is 0 Å². The summed E-state index contributed by atoms with van der Waals surface area (Å²) in [7, 11) is 0. The maximum Gasteiger partial charge on any atom is 0.0104 e. The van der Waals surface area contributed by atoms with Crippen molar-refractivity contribution in [3.05, 3.63) is 53.1 Å². The molecule has 0 fully saturated rings. The van der Waals surface area contributed by atoms with Gasteiger partial charge in [-0.15, -0.1) is 11.8 Å². The second-order valence-corrected chi connectivity index (χ2v) is 5.33. The molecule has 2 aromatic carbocycles. The zero-order valence-electron chi connectivity index (χ0n) is 10.9. The molecule has 0 nitrogen and oxygen atoms in total. The second-order valence-electron chi connectivity index (χ2n) is 4.48. The lowest BCUT2D eigenvalue weighted by Crippen LogP contribution is -1.85. The van der Waals surface area contributed by atoms with Crippen molar-refractivity contribution in [3.8, 4) is 11.1 Å². The topological polar surface area (TPSA) is 0 Å². The molecule has 2 aromatic rings. The van der Waals surface area contributed by atoms with Crippen molar-refractivity contribution >= 4 is 11.8 Å². The second kappa shape index (κ2) is 4.97. The average molecular weight is 242 g/mol. The molecule has 0 aromatic heterocycles. The number of hydrogen-bond acceptors (Lipinski definition) is 1. The molecule has 17 heavy (non-hydrogen) atoms. The minimum atomic E-state index is 1.31. The van der Waals surface area contributed by atoms with Gasteiger partial charge in [0.2, 0.25) is 0 Å². The fourth-order valence-electron chi connectivity index (χ4n) is 1.92. The molecule has 0 saturated heterocycles. The van der Waals surface area contributed by atoms with Crippen molar-refractivity contribution in [2.24, 2.45) is 0 Å². The highest BCUT2D eigenvalue weighted by Crippen LogP contribution is 2.28. The fourth-order valence-corrected chi connectivity index (χ4v) is 2.56. The van der Waals surface area contributed by atoms with Crippen LogP contribution in [-0.4, -0.2) is 6.26 Å². The summed E-state index contributed by atoms with van der Waals surface area (Å²) >= 11 is 1.81. The maximum absolute atomic E-state index is 2.28. The largest absolute Gasteiger partial charge is 0.129 e. The summed E-state index contributed by atoms with van der Waals surface area (Å²) in [5, 5.41) is 0. The number of hydrogen-bond donors (Lipinski definition) is 0. The Morgan fingerprint density at radius 1 is 0.706 bits per heavy atom. The Hall–Kier alpha value is -1.21. The van der Waals surface area contributed by atoms with Gasteiger partial charge in [0, 0.05) is 4.90 Å². The van der Waals surface area contributed by atoms with Crippen LogP contribution < -0.4 is 0 Å². The molecule has 0 heterocycles. The third kappa shape index (κ3) is 2.55. The van der Waals surface area contributed by atoms with Gasteiger partial charge in [0.1, 0.15) is 0 Å². The summed E-state index contributed by atoms with van der Waals surface area (Å²) in [6.45, 7) is 6.49. The average Bonchev–Trinajstić information content (AvgIpc) is 2.33. The summed E-state index contributed by atoms with van der Waals surface area (Å²) in [4.78, 5) is 1.36. The lowest BCUT2D eigenvalue weighted by molar-refractivity contribution is 1.30. The molecule has 88 valence electrons. The zero-order valence-corrected chi connectivity index (χ0v) is 11.7. The Bertz CT molecular complexity index is 541. The minimum Gasteiger partial charge on any atom is -0.129 e. The van der Waals surface area contributed by atoms with Crippen LogP contribution in [0.5, 0.6) is 0 Å². The lowest BCUT2D eigenvalue weighted by atomic mass is 10.00. The van der Waals surface area contributed by atoms with E-state index >= 15 is 0 Å². The van der Waals surface area contributed by atoms with Gasteiger partial charge in [-0.2, -0.15) is 0 Å². The summed E-state index contributed by atoms with van der Waals surface area (Å²) in [6, 6.07) is 13.4. The monoisotopic (exact) mass is 242 g/mol. The van der Waals surface area contributed by atoms with Crippen LogP contribution in [-0.2, 0) is 0 Å². The standard InChI is InChI=1S/C16H18S/c1-11-5-7-14(9-13(11)3)15-8-6-12(2)16(10-15)17-4/h5-10H,1-4H3. The normalized spacial score (nSPS) is 10.6. The number of thioether (sulfide) groups is 1. The van der Waals surface area contributed by atoms with Gasteiger partial charge in [0.15, 0.2) is 0 Å². The first-order valence-corrected chi connectivity index (χ1v) is 7.06. The molecule has 0 aliphatic carbocycles. The van der Waals surface area contributed by atoms with E-state index in [1.54, 1.807) is 0 Å². The smallest absolute Gasteiger partial charge is 0.0104 e. The quantitative estimate of drug-likeness (QED) is 0.668. The van der Waals surface area contributed by atoms with Gasteiger partial charge in [0.25, 0.3) is 0 Å². The van der Waals surface area contributed by atoms with Crippen LogP contribution in [0.15, 0.2) is 41.3 Å². The number of rotatable bonds is 2. The van der Waals surface area contributed by atoms with Crippen molar-refractivity contribution < 1.29 is 0 Å². The van der Waals surface area contributed by atoms with Crippen LogP contribution in [0.4, 0.5) is 0 Å². The molecule has 0 N–H and O–H groups in total. The predicted octanol–water partition coefficient (Wildman–Crippen LogP) is 5.00. The highest BCUT2D eigenvalue weighted by molar-refractivity contribution is 7.98. The van der Waals surface area contributed by atoms with Crippen LogP contribution >= 0.6 is 11.8 Å². The van der Waals surface area contributed by atoms with Gasteiger partial charge in [-0.05, 0) is 60.9 Å². The Morgan fingerprint density at radius 2 is 1.29 bits per heavy atom. The Labute approximate surface area is 108 Å². The first kappa shape index (κ1) is 12.3. The summed E-state index contributed by atoms with van der Waals surface area (Å²) in [5.41, 5.74) is 6.68. The number of benzene rings is 2. The van der Waals surface area contributed by atoms with Crippen molar-refractivity contribution in [3.63, 3.8) is 0 Å². The Balaban J connectivity index is 2.49. The molecule has 0 saturated carbocycles. The van der Waals surface area contributed by atoms with E-state index in [-0.39, 0.29) is 0 Å². The predicted molar refractivity (Wildman–Crippen MR) is 77.9 cm³/mol. The number of aryl methyl sites for hydroxylation is 3. The van der Waals surface area contributed by atoms with E-state index in [0.29, 0.717) is 0 Å². The fraction of sp³-hybridized carbons (Fsp3) is 0.250. The molecular weight excluding hydrogens is 224 g/mol. The summed E-state index contributed by atoms with van der Waals surface area (Å²) < 4.78 is 0. The van der Waals surface area contributed by atoms with Crippen molar-refractivity contribution in [1.82, 2.24) is 0 Å². The maximum atomic E-state index is 2.28. The van der Waals surface area contributed by atoms with Gasteiger partial charge in [-0.25, -0.2) is 0 Å². The first-order chi connectivity index (χ1) is 8.11. The Morgan fingerprint density at radius 3 is 1.88 bits per heavy atom. The SMILES string of the molecule is CSc1cc(-c2ccc(C)c(C)c2)ccc1C. The van der Waals surface area contributed by atoms with Gasteiger partial charge < -0.3 is 0 Å². The van der Waals surface area contributed by atoms with Crippen molar-refractivity contribution in [2.45, 2.75) is 25.7 Å². The molecular formula is C16H18S. The van der Waals surface area contributed by atoms with Crippen molar-refractivity contribution in [1.29, 1.82) is 0 Å². The van der Waals surface area contributed by atoms with E-state index in [2.05, 4.69) is 63.4 Å². The highest BCUT2D eigenvalue weighted by atomic mass is 32.2. The third-order valence-electron chi connectivity index (χ3n) is 3.25. The van der Waals surface area contributed by atoms with Gasteiger partial charge in [-0.1, -0.05) is 30.3 Å². The first-order valence-electron chi connectivity index (χ1n) is 5.84. The Kier molecular flexibility index (Phi) is 3.58. The summed E-state index contributed by atoms with van der Waals surface area (Å²) in [5.74, 6) is 0. The molecule has 2 rings (SSSR count). The van der Waals surface area contributed by atoms with E-state index in [4.69, 9.17) is 0 Å². The molecule has 0 aliphatic rings. The van der Waals surface area contributed by atoms with E-state index in [0.717, 1.165) is 0 Å². The molecule has 0 aliphatic heterocycles. The van der Waals surface area contributed by atoms with E-state index in [1.165, 1.54) is 32.7 Å². The lowest BCUT2D eigenvalue weighted by Gasteiger charge is -2.09. The van der Waals surface area contributed by atoms with Crippen molar-refractivity contribution in [2.75, 3.05) is 6.26 Å². The molecule has 0 radical (unpaired) electrons. The van der Waals surface area contributed by atoms with Crippen LogP contribution in [0, 0.1) is 20.8 Å². The van der Waals surface area contributed by atoms with E-state index < -0.39 is 0 Å². The molecule has 0 spiro atoms. The van der Waals surface area contributed by atoms with Gasteiger partial charge in [0.05, 0.1) is 0 Å².